The van der Waals surface area contributed by atoms with Crippen molar-refractivity contribution < 1.29 is 9.18 Å². The molecule has 1 fully saturated rings. The second-order valence-electron chi connectivity index (χ2n) is 5.85. The molecule has 1 aliphatic heterocycles. The molecule has 6 heteroatoms. The number of fused-ring (bicyclic) bond motifs is 1. The van der Waals surface area contributed by atoms with Gasteiger partial charge in [0.2, 0.25) is 0 Å². The largest absolute Gasteiger partial charge is 0.336 e. The maximum Gasteiger partial charge on any atom is 0.264 e. The van der Waals surface area contributed by atoms with Gasteiger partial charge in [-0.2, -0.15) is 0 Å². The second-order valence-corrected chi connectivity index (χ2v) is 6.93. The molecule has 1 amide bonds. The van der Waals surface area contributed by atoms with Gasteiger partial charge >= 0.3 is 0 Å². The number of imidazole rings is 1. The Hall–Kier alpha value is -2.21. The molecule has 0 spiro atoms. The number of hydrogen-bond donors (Lipinski definition) is 0. The predicted molar refractivity (Wildman–Crippen MR) is 88.2 cm³/mol. The number of hydrogen-bond acceptors (Lipinski definition) is 3. The highest BCUT2D eigenvalue weighted by Crippen LogP contribution is 2.29. The van der Waals surface area contributed by atoms with Crippen LogP contribution in [-0.2, 0) is 0 Å². The van der Waals surface area contributed by atoms with Crippen LogP contribution in [0.3, 0.4) is 0 Å². The summed E-state index contributed by atoms with van der Waals surface area (Å²) >= 11 is 1.43. The fraction of sp³-hybridized carbons (Fsp3) is 0.294. The average molecular weight is 329 g/mol. The van der Waals surface area contributed by atoms with E-state index in [1.807, 2.05) is 11.1 Å². The third-order valence-corrected chi connectivity index (χ3v) is 5.42. The third-order valence-electron chi connectivity index (χ3n) is 4.32. The predicted octanol–water partition coefficient (Wildman–Crippen LogP) is 3.71. The van der Waals surface area contributed by atoms with Crippen LogP contribution in [0.5, 0.6) is 0 Å². The Bertz CT molecular complexity index is 843. The smallest absolute Gasteiger partial charge is 0.264 e. The number of likely N-dealkylation sites (tertiary alicyclic amines) is 1. The average Bonchev–Trinajstić information content (AvgIpc) is 3.23. The minimum atomic E-state index is -0.271. The first kappa shape index (κ1) is 14.4. The number of thiophene rings is 1. The first-order chi connectivity index (χ1) is 11.2. The van der Waals surface area contributed by atoms with Crippen molar-refractivity contribution in [3.05, 3.63) is 53.7 Å². The maximum atomic E-state index is 13.3. The number of amides is 1. The van der Waals surface area contributed by atoms with E-state index in [2.05, 4.69) is 9.55 Å². The first-order valence-corrected chi connectivity index (χ1v) is 8.48. The monoisotopic (exact) mass is 329 g/mol. The van der Waals surface area contributed by atoms with Crippen LogP contribution in [-0.4, -0.2) is 33.4 Å². The Balaban J connectivity index is 1.57. The van der Waals surface area contributed by atoms with Crippen LogP contribution in [0.2, 0.25) is 0 Å². The van der Waals surface area contributed by atoms with Gasteiger partial charge < -0.3 is 9.47 Å². The van der Waals surface area contributed by atoms with Crippen LogP contribution in [0.1, 0.15) is 28.6 Å². The van der Waals surface area contributed by atoms with Crippen LogP contribution < -0.4 is 0 Å². The van der Waals surface area contributed by atoms with Gasteiger partial charge in [-0.3, -0.25) is 4.79 Å². The van der Waals surface area contributed by atoms with E-state index in [1.54, 1.807) is 24.7 Å². The number of carbonyl (C=O) groups excluding carboxylic acids is 1. The summed E-state index contributed by atoms with van der Waals surface area (Å²) in [5.41, 5.74) is 0. The number of carbonyl (C=O) groups is 1. The molecule has 1 atom stereocenters. The summed E-state index contributed by atoms with van der Waals surface area (Å²) in [6.07, 6.45) is 7.55. The summed E-state index contributed by atoms with van der Waals surface area (Å²) < 4.78 is 16.3. The third kappa shape index (κ3) is 2.74. The number of piperidine rings is 1. The lowest BCUT2D eigenvalue weighted by Crippen LogP contribution is -2.40. The molecule has 0 N–H and O–H groups in total. The summed E-state index contributed by atoms with van der Waals surface area (Å²) in [4.78, 5) is 19.5. The number of aromatic nitrogens is 2. The number of halogens is 1. The van der Waals surface area contributed by atoms with Crippen LogP contribution >= 0.6 is 11.3 Å². The maximum absolute atomic E-state index is 13.3. The second kappa shape index (κ2) is 5.77. The van der Waals surface area contributed by atoms with Gasteiger partial charge in [-0.25, -0.2) is 9.37 Å². The van der Waals surface area contributed by atoms with Crippen LogP contribution in [0, 0.1) is 5.82 Å². The number of nitrogens with zero attached hydrogens (tertiary/aromatic N) is 3. The summed E-state index contributed by atoms with van der Waals surface area (Å²) in [5, 5.41) is 0.793. The normalized spacial score (nSPS) is 18.5. The Morgan fingerprint density at radius 1 is 1.35 bits per heavy atom. The van der Waals surface area contributed by atoms with Gasteiger partial charge in [0.15, 0.2) is 0 Å². The summed E-state index contributed by atoms with van der Waals surface area (Å²) in [6, 6.07) is 6.72. The van der Waals surface area contributed by atoms with Crippen molar-refractivity contribution in [3.8, 4) is 0 Å². The molecule has 1 aliphatic rings. The van der Waals surface area contributed by atoms with Crippen LogP contribution in [0.4, 0.5) is 4.39 Å². The van der Waals surface area contributed by atoms with E-state index in [-0.39, 0.29) is 17.8 Å². The minimum Gasteiger partial charge on any atom is -0.336 e. The molecule has 1 saturated heterocycles. The molecule has 23 heavy (non-hydrogen) atoms. The van der Waals surface area contributed by atoms with E-state index in [9.17, 15) is 9.18 Å². The molecular formula is C17H16FN3OS. The summed E-state index contributed by atoms with van der Waals surface area (Å²) in [6.45, 7) is 1.46. The fourth-order valence-corrected chi connectivity index (χ4v) is 4.15. The lowest BCUT2D eigenvalue weighted by Gasteiger charge is -2.33. The molecule has 4 nitrogen and oxygen atoms in total. The molecule has 0 aliphatic carbocycles. The van der Waals surface area contributed by atoms with Crippen molar-refractivity contribution in [2.45, 2.75) is 18.9 Å². The molecule has 3 heterocycles. The first-order valence-electron chi connectivity index (χ1n) is 7.66. The van der Waals surface area contributed by atoms with Crippen molar-refractivity contribution in [1.29, 1.82) is 0 Å². The fourth-order valence-electron chi connectivity index (χ4n) is 3.14. The molecular weight excluding hydrogens is 313 g/mol. The van der Waals surface area contributed by atoms with Crippen molar-refractivity contribution in [2.24, 2.45) is 0 Å². The van der Waals surface area contributed by atoms with Gasteiger partial charge in [-0.1, -0.05) is 0 Å². The van der Waals surface area contributed by atoms with Crippen molar-refractivity contribution in [3.63, 3.8) is 0 Å². The van der Waals surface area contributed by atoms with Gasteiger partial charge in [-0.15, -0.1) is 11.3 Å². The van der Waals surface area contributed by atoms with Crippen molar-refractivity contribution in [2.75, 3.05) is 13.1 Å². The molecule has 0 unspecified atom stereocenters. The number of benzene rings is 1. The molecule has 1 aromatic carbocycles. The van der Waals surface area contributed by atoms with E-state index in [0.29, 0.717) is 11.4 Å². The van der Waals surface area contributed by atoms with E-state index in [4.69, 9.17) is 0 Å². The van der Waals surface area contributed by atoms with Crippen molar-refractivity contribution >= 4 is 27.3 Å². The summed E-state index contributed by atoms with van der Waals surface area (Å²) in [5.74, 6) is -0.233. The highest BCUT2D eigenvalue weighted by molar-refractivity contribution is 7.20. The Kier molecular flexibility index (Phi) is 3.61. The minimum absolute atomic E-state index is 0.0384. The molecule has 118 valence electrons. The molecule has 3 aromatic rings. The Morgan fingerprint density at radius 3 is 3.09 bits per heavy atom. The quantitative estimate of drug-likeness (QED) is 0.719. The molecule has 0 bridgehead atoms. The number of rotatable bonds is 2. The standard InChI is InChI=1S/C17H16FN3OS/c18-13-3-4-15-12(8-13)9-16(23-15)17(22)20-6-1-2-14(10-20)21-7-5-19-11-21/h3-5,7-9,11,14H,1-2,6,10H2/t14-/m1/s1. The van der Waals surface area contributed by atoms with Gasteiger partial charge in [0.25, 0.3) is 5.91 Å². The van der Waals surface area contributed by atoms with Gasteiger partial charge in [-0.05, 0) is 42.5 Å². The van der Waals surface area contributed by atoms with Gasteiger partial charge in [0.05, 0.1) is 17.2 Å². The van der Waals surface area contributed by atoms with E-state index < -0.39 is 0 Å². The van der Waals surface area contributed by atoms with Gasteiger partial charge in [0.1, 0.15) is 5.82 Å². The molecule has 4 rings (SSSR count). The van der Waals surface area contributed by atoms with Crippen LogP contribution in [0.15, 0.2) is 43.0 Å². The molecule has 0 radical (unpaired) electrons. The highest BCUT2D eigenvalue weighted by atomic mass is 32.1. The topological polar surface area (TPSA) is 38.1 Å². The highest BCUT2D eigenvalue weighted by Gasteiger charge is 2.26. The van der Waals surface area contributed by atoms with Crippen LogP contribution in [0.25, 0.3) is 10.1 Å². The van der Waals surface area contributed by atoms with E-state index in [1.165, 1.54) is 23.5 Å². The van der Waals surface area contributed by atoms with E-state index >= 15 is 0 Å². The Labute approximate surface area is 137 Å². The van der Waals surface area contributed by atoms with Crippen molar-refractivity contribution in [1.82, 2.24) is 14.5 Å². The zero-order valence-electron chi connectivity index (χ0n) is 12.5. The lowest BCUT2D eigenvalue weighted by atomic mass is 10.1. The van der Waals surface area contributed by atoms with E-state index in [0.717, 1.165) is 29.5 Å². The zero-order valence-corrected chi connectivity index (χ0v) is 13.3. The molecule has 2 aromatic heterocycles. The SMILES string of the molecule is O=C(c1cc2cc(F)ccc2s1)N1CCC[C@@H](n2ccnc2)C1. The summed E-state index contributed by atoms with van der Waals surface area (Å²) in [7, 11) is 0. The van der Waals surface area contributed by atoms with Gasteiger partial charge in [0, 0.05) is 30.2 Å². The lowest BCUT2D eigenvalue weighted by molar-refractivity contribution is 0.0684. The molecule has 0 saturated carbocycles. The Morgan fingerprint density at radius 2 is 2.26 bits per heavy atom. The zero-order chi connectivity index (χ0) is 15.8.